The summed E-state index contributed by atoms with van der Waals surface area (Å²) in [4.78, 5) is 16.5. The molecular weight excluding hydrogens is 222 g/mol. The van der Waals surface area contributed by atoms with E-state index in [0.29, 0.717) is 11.0 Å². The van der Waals surface area contributed by atoms with Crippen molar-refractivity contribution in [2.45, 2.75) is 24.0 Å². The highest BCUT2D eigenvalue weighted by Gasteiger charge is 2.07. The van der Waals surface area contributed by atoms with Crippen molar-refractivity contribution in [3.05, 3.63) is 29.8 Å². The summed E-state index contributed by atoms with van der Waals surface area (Å²) < 4.78 is 0. The van der Waals surface area contributed by atoms with Crippen molar-refractivity contribution in [1.29, 1.82) is 0 Å². The Morgan fingerprint density at radius 1 is 1.19 bits per heavy atom. The third kappa shape index (κ3) is 2.27. The smallest absolute Gasteiger partial charge is 0.194 e. The largest absolute Gasteiger partial charge is 0.383 e. The number of nitrogens with two attached hydrogens (primary N) is 1. The van der Waals surface area contributed by atoms with Gasteiger partial charge in [0.15, 0.2) is 5.16 Å². The molecule has 0 saturated carbocycles. The third-order valence-corrected chi connectivity index (χ3v) is 3.02. The Morgan fingerprint density at radius 3 is 2.75 bits per heavy atom. The van der Waals surface area contributed by atoms with Gasteiger partial charge in [0.2, 0.25) is 0 Å². The van der Waals surface area contributed by atoms with Crippen molar-refractivity contribution < 1.29 is 0 Å². The highest BCUT2D eigenvalue weighted by atomic mass is 32.2. The van der Waals surface area contributed by atoms with Crippen LogP contribution in [0, 0.1) is 13.8 Å². The van der Waals surface area contributed by atoms with Gasteiger partial charge in [0.25, 0.3) is 0 Å². The van der Waals surface area contributed by atoms with Crippen molar-refractivity contribution in [2.75, 3.05) is 5.73 Å². The summed E-state index contributed by atoms with van der Waals surface area (Å²) in [5.74, 6) is 0.491. The molecule has 82 valence electrons. The van der Waals surface area contributed by atoms with Gasteiger partial charge in [-0.05, 0) is 31.7 Å². The predicted octanol–water partition coefficient (Wildman–Crippen LogP) is 1.62. The second-order valence-corrected chi connectivity index (χ2v) is 4.23. The van der Waals surface area contributed by atoms with Gasteiger partial charge in [-0.1, -0.05) is 0 Å². The van der Waals surface area contributed by atoms with E-state index in [1.165, 1.54) is 18.1 Å². The summed E-state index contributed by atoms with van der Waals surface area (Å²) in [6, 6.07) is 1.85. The average Bonchev–Trinajstić information content (AvgIpc) is 2.25. The molecule has 0 radical (unpaired) electrons. The molecule has 2 aromatic heterocycles. The second-order valence-electron chi connectivity index (χ2n) is 3.27. The van der Waals surface area contributed by atoms with E-state index in [9.17, 15) is 0 Å². The molecule has 0 aliphatic rings. The molecule has 0 saturated heterocycles. The lowest BCUT2D eigenvalue weighted by Crippen LogP contribution is -1.98. The van der Waals surface area contributed by atoms with Gasteiger partial charge in [-0.3, -0.25) is 0 Å². The molecule has 0 fully saturated rings. The molecule has 5 nitrogen and oxygen atoms in total. The minimum Gasteiger partial charge on any atom is -0.383 e. The highest BCUT2D eigenvalue weighted by Crippen LogP contribution is 2.26. The zero-order valence-corrected chi connectivity index (χ0v) is 9.82. The normalized spacial score (nSPS) is 10.4. The molecule has 0 spiro atoms. The third-order valence-electron chi connectivity index (χ3n) is 2.04. The van der Waals surface area contributed by atoms with Gasteiger partial charge in [0.05, 0.1) is 0 Å². The Balaban J connectivity index is 2.31. The average molecular weight is 233 g/mol. The van der Waals surface area contributed by atoms with Crippen molar-refractivity contribution in [2.24, 2.45) is 0 Å². The highest BCUT2D eigenvalue weighted by molar-refractivity contribution is 7.99. The number of hydrogen-bond acceptors (Lipinski definition) is 6. The molecule has 6 heteroatoms. The number of rotatable bonds is 2. The fourth-order valence-corrected chi connectivity index (χ4v) is 1.94. The number of anilines is 1. The Labute approximate surface area is 97.6 Å². The molecule has 0 aromatic carbocycles. The molecular formula is C10H11N5S. The number of nitrogens with zero attached hydrogens (tertiary/aromatic N) is 4. The summed E-state index contributed by atoms with van der Waals surface area (Å²) >= 11 is 1.39. The summed E-state index contributed by atoms with van der Waals surface area (Å²) in [5, 5.41) is 1.46. The van der Waals surface area contributed by atoms with Gasteiger partial charge in [-0.2, -0.15) is 0 Å². The van der Waals surface area contributed by atoms with Crippen LogP contribution in [0.3, 0.4) is 0 Å². The Hall–Kier alpha value is -1.69. The number of aryl methyl sites for hydroxylation is 1. The summed E-state index contributed by atoms with van der Waals surface area (Å²) in [5.41, 5.74) is 7.49. The van der Waals surface area contributed by atoms with Crippen LogP contribution in [-0.2, 0) is 0 Å². The maximum atomic E-state index is 5.70. The van der Waals surface area contributed by atoms with E-state index in [-0.39, 0.29) is 0 Å². The predicted molar refractivity (Wildman–Crippen MR) is 62.1 cm³/mol. The molecule has 2 rings (SSSR count). The first kappa shape index (κ1) is 10.8. The molecule has 2 aromatic rings. The van der Waals surface area contributed by atoms with Crippen LogP contribution in [0.2, 0.25) is 0 Å². The van der Waals surface area contributed by atoms with Crippen molar-refractivity contribution in [3.63, 3.8) is 0 Å². The van der Waals surface area contributed by atoms with Crippen molar-refractivity contribution in [3.8, 4) is 0 Å². The molecule has 0 unspecified atom stereocenters. The molecule has 2 N–H and O–H groups in total. The van der Waals surface area contributed by atoms with Gasteiger partial charge in [0, 0.05) is 17.5 Å². The van der Waals surface area contributed by atoms with E-state index in [1.807, 2.05) is 19.9 Å². The zero-order valence-electron chi connectivity index (χ0n) is 9.01. The van der Waals surface area contributed by atoms with Crippen LogP contribution in [-0.4, -0.2) is 19.9 Å². The van der Waals surface area contributed by atoms with Crippen LogP contribution in [0.4, 0.5) is 5.82 Å². The van der Waals surface area contributed by atoms with Crippen LogP contribution < -0.4 is 5.73 Å². The molecule has 0 bridgehead atoms. The van der Waals surface area contributed by atoms with E-state index >= 15 is 0 Å². The Morgan fingerprint density at radius 2 is 2.00 bits per heavy atom. The summed E-state index contributed by atoms with van der Waals surface area (Å²) in [6.07, 6.45) is 3.17. The minimum atomic E-state index is 0.491. The second kappa shape index (κ2) is 4.44. The zero-order chi connectivity index (χ0) is 11.5. The monoisotopic (exact) mass is 233 g/mol. The SMILES string of the molecule is Cc1ccnc(Sc2ncnc(N)c2C)n1. The van der Waals surface area contributed by atoms with Crippen LogP contribution >= 0.6 is 11.8 Å². The van der Waals surface area contributed by atoms with Crippen molar-refractivity contribution in [1.82, 2.24) is 19.9 Å². The van der Waals surface area contributed by atoms with E-state index in [4.69, 9.17) is 5.73 Å². The van der Waals surface area contributed by atoms with Crippen LogP contribution in [0.25, 0.3) is 0 Å². The first-order valence-corrected chi connectivity index (χ1v) is 5.53. The first-order chi connectivity index (χ1) is 7.66. The van der Waals surface area contributed by atoms with Gasteiger partial charge in [-0.15, -0.1) is 0 Å². The van der Waals surface area contributed by atoms with Crippen molar-refractivity contribution >= 4 is 17.6 Å². The number of hydrogen-bond donors (Lipinski definition) is 1. The Kier molecular flexibility index (Phi) is 3.00. The van der Waals surface area contributed by atoms with E-state index in [0.717, 1.165) is 16.3 Å². The minimum absolute atomic E-state index is 0.491. The molecule has 0 amide bonds. The van der Waals surface area contributed by atoms with Gasteiger partial charge in [-0.25, -0.2) is 19.9 Å². The lowest BCUT2D eigenvalue weighted by atomic mass is 10.4. The van der Waals surface area contributed by atoms with Crippen LogP contribution in [0.5, 0.6) is 0 Å². The quantitative estimate of drug-likeness (QED) is 0.627. The Bertz CT molecular complexity index is 514. The van der Waals surface area contributed by atoms with E-state index in [1.54, 1.807) is 6.20 Å². The lowest BCUT2D eigenvalue weighted by molar-refractivity contribution is 0.921. The first-order valence-electron chi connectivity index (χ1n) is 4.71. The summed E-state index contributed by atoms with van der Waals surface area (Å²) in [6.45, 7) is 3.81. The maximum absolute atomic E-state index is 5.70. The van der Waals surface area contributed by atoms with E-state index in [2.05, 4.69) is 19.9 Å². The van der Waals surface area contributed by atoms with Gasteiger partial charge < -0.3 is 5.73 Å². The van der Waals surface area contributed by atoms with Crippen LogP contribution in [0.15, 0.2) is 28.8 Å². The standard InChI is InChI=1S/C10H11N5S/c1-6-3-4-12-10(15-6)16-9-7(2)8(11)13-5-14-9/h3-5H,1-2H3,(H2,11,13,14). The van der Waals surface area contributed by atoms with Crippen LogP contribution in [0.1, 0.15) is 11.3 Å². The molecule has 2 heterocycles. The van der Waals surface area contributed by atoms with E-state index < -0.39 is 0 Å². The molecule has 0 aliphatic heterocycles. The fraction of sp³-hybridized carbons (Fsp3) is 0.200. The van der Waals surface area contributed by atoms with Gasteiger partial charge >= 0.3 is 0 Å². The lowest BCUT2D eigenvalue weighted by Gasteiger charge is -2.04. The van der Waals surface area contributed by atoms with Gasteiger partial charge in [0.1, 0.15) is 17.2 Å². The maximum Gasteiger partial charge on any atom is 0.194 e. The summed E-state index contributed by atoms with van der Waals surface area (Å²) in [7, 11) is 0. The topological polar surface area (TPSA) is 77.6 Å². The molecule has 0 atom stereocenters. The molecule has 16 heavy (non-hydrogen) atoms. The molecule has 0 aliphatic carbocycles. The fourth-order valence-electron chi connectivity index (χ4n) is 1.11. The number of aromatic nitrogens is 4. The number of nitrogen functional groups attached to an aromatic ring is 1.